The molecule has 6 nitrogen and oxygen atoms in total. The largest absolute Gasteiger partial charge is 0.493 e. The van der Waals surface area contributed by atoms with Gasteiger partial charge in [-0.15, -0.1) is 0 Å². The van der Waals surface area contributed by atoms with E-state index >= 15 is 0 Å². The number of carbonyl (C=O) groups is 1. The fourth-order valence-corrected chi connectivity index (χ4v) is 6.01. The molecule has 7 heteroatoms. The summed E-state index contributed by atoms with van der Waals surface area (Å²) in [5.74, 6) is 4.19. The molecule has 2 aromatic rings. The van der Waals surface area contributed by atoms with Crippen molar-refractivity contribution in [1.82, 2.24) is 0 Å². The molecule has 152 valence electrons. The van der Waals surface area contributed by atoms with Gasteiger partial charge >= 0.3 is 0 Å². The minimum atomic E-state index is -0.102. The molecule has 0 radical (unpaired) electrons. The molecule has 1 saturated heterocycles. The van der Waals surface area contributed by atoms with Crippen LogP contribution in [0.2, 0.25) is 0 Å². The predicted molar refractivity (Wildman–Crippen MR) is 109 cm³/mol. The minimum absolute atomic E-state index is 0.0873. The second-order valence-corrected chi connectivity index (χ2v) is 8.49. The van der Waals surface area contributed by atoms with E-state index in [4.69, 9.17) is 23.7 Å². The van der Waals surface area contributed by atoms with Crippen LogP contribution < -0.4 is 23.7 Å². The van der Waals surface area contributed by atoms with Crippen LogP contribution in [0.1, 0.15) is 22.6 Å². The van der Waals surface area contributed by atoms with Crippen molar-refractivity contribution in [2.24, 2.45) is 11.8 Å². The van der Waals surface area contributed by atoms with Crippen LogP contribution in [0.25, 0.3) is 0 Å². The molecule has 0 aromatic heterocycles. The Bertz CT molecular complexity index is 963. The number of methoxy groups -OCH3 is 3. The highest BCUT2D eigenvalue weighted by atomic mass is 32.2. The zero-order chi connectivity index (χ0) is 20.1. The van der Waals surface area contributed by atoms with Gasteiger partial charge in [-0.25, -0.2) is 0 Å². The van der Waals surface area contributed by atoms with Crippen molar-refractivity contribution in [3.63, 3.8) is 0 Å². The highest BCUT2D eigenvalue weighted by molar-refractivity contribution is 8.14. The van der Waals surface area contributed by atoms with Crippen molar-refractivity contribution in [2.45, 2.75) is 12.3 Å². The second kappa shape index (κ2) is 7.06. The van der Waals surface area contributed by atoms with Crippen LogP contribution in [0.15, 0.2) is 24.3 Å². The highest BCUT2D eigenvalue weighted by Crippen LogP contribution is 2.54. The van der Waals surface area contributed by atoms with Gasteiger partial charge in [0.2, 0.25) is 12.5 Å². The van der Waals surface area contributed by atoms with E-state index in [0.717, 1.165) is 34.8 Å². The van der Waals surface area contributed by atoms with Crippen LogP contribution in [0.5, 0.6) is 28.7 Å². The first-order valence-corrected chi connectivity index (χ1v) is 10.5. The van der Waals surface area contributed by atoms with Gasteiger partial charge in [0.15, 0.2) is 28.1 Å². The van der Waals surface area contributed by atoms with Gasteiger partial charge in [-0.2, -0.15) is 0 Å². The monoisotopic (exact) mass is 414 g/mol. The summed E-state index contributed by atoms with van der Waals surface area (Å²) < 4.78 is 27.8. The summed E-state index contributed by atoms with van der Waals surface area (Å²) in [5, 5.41) is 0.247. The Balaban J connectivity index is 1.71. The van der Waals surface area contributed by atoms with Crippen molar-refractivity contribution >= 4 is 16.9 Å². The lowest BCUT2D eigenvalue weighted by atomic mass is 9.67. The number of thioether (sulfide) groups is 1. The summed E-state index contributed by atoms with van der Waals surface area (Å²) in [6.45, 7) is 0.231. The Kier molecular flexibility index (Phi) is 4.50. The molecule has 1 fully saturated rings. The van der Waals surface area contributed by atoms with Gasteiger partial charge < -0.3 is 23.7 Å². The normalized spacial score (nSPS) is 24.1. The Hall–Kier alpha value is -2.54. The number of hydrogen-bond donors (Lipinski definition) is 0. The van der Waals surface area contributed by atoms with Crippen LogP contribution in [-0.2, 0) is 11.2 Å². The van der Waals surface area contributed by atoms with Crippen molar-refractivity contribution in [1.29, 1.82) is 0 Å². The molecule has 2 aliphatic heterocycles. The first-order chi connectivity index (χ1) is 14.1. The maximum Gasteiger partial charge on any atom is 0.231 e. The molecule has 0 amide bonds. The van der Waals surface area contributed by atoms with Crippen molar-refractivity contribution in [2.75, 3.05) is 33.9 Å². The van der Waals surface area contributed by atoms with Crippen LogP contribution in [0, 0.1) is 11.8 Å². The molecule has 0 bridgehead atoms. The molecule has 0 saturated carbocycles. The molecule has 29 heavy (non-hydrogen) atoms. The zero-order valence-electron chi connectivity index (χ0n) is 16.5. The van der Waals surface area contributed by atoms with Gasteiger partial charge in [-0.1, -0.05) is 11.8 Å². The molecule has 0 unspecified atom stereocenters. The van der Waals surface area contributed by atoms with Crippen LogP contribution in [0.3, 0.4) is 0 Å². The first kappa shape index (κ1) is 18.5. The van der Waals surface area contributed by atoms with E-state index in [1.807, 2.05) is 18.2 Å². The third kappa shape index (κ3) is 2.82. The summed E-state index contributed by atoms with van der Waals surface area (Å²) in [7, 11) is 4.80. The Morgan fingerprint density at radius 2 is 1.66 bits per heavy atom. The minimum Gasteiger partial charge on any atom is -0.493 e. The molecule has 3 atom stereocenters. The maximum atomic E-state index is 12.9. The Morgan fingerprint density at radius 1 is 0.966 bits per heavy atom. The lowest BCUT2D eigenvalue weighted by Crippen LogP contribution is -2.31. The van der Waals surface area contributed by atoms with Crippen LogP contribution >= 0.6 is 11.8 Å². The summed E-state index contributed by atoms with van der Waals surface area (Å²) in [5.41, 5.74) is 3.30. The van der Waals surface area contributed by atoms with Gasteiger partial charge in [0.05, 0.1) is 21.3 Å². The molecule has 1 aliphatic carbocycles. The van der Waals surface area contributed by atoms with Crippen LogP contribution in [-0.4, -0.2) is 39.0 Å². The van der Waals surface area contributed by atoms with Gasteiger partial charge in [0.25, 0.3) is 0 Å². The molecule has 0 spiro atoms. The third-order valence-electron chi connectivity index (χ3n) is 6.08. The predicted octanol–water partition coefficient (Wildman–Crippen LogP) is 3.63. The SMILES string of the molecule is COc1cc([C@@H]2c3cc4c(cc3C[C@H]3CSC(=O)[C@@H]32)OCO4)cc(OC)c1OC. The fraction of sp³-hybridized carbons (Fsp3) is 0.409. The maximum absolute atomic E-state index is 12.9. The van der Waals surface area contributed by atoms with Gasteiger partial charge in [0.1, 0.15) is 0 Å². The van der Waals surface area contributed by atoms with E-state index in [-0.39, 0.29) is 23.7 Å². The summed E-state index contributed by atoms with van der Waals surface area (Å²) in [6.07, 6.45) is 0.871. The average molecular weight is 414 g/mol. The lowest BCUT2D eigenvalue weighted by Gasteiger charge is -2.35. The van der Waals surface area contributed by atoms with Crippen LogP contribution in [0.4, 0.5) is 0 Å². The van der Waals surface area contributed by atoms with Gasteiger partial charge in [-0.3, -0.25) is 4.79 Å². The molecule has 3 aliphatic rings. The Morgan fingerprint density at radius 3 is 2.31 bits per heavy atom. The molecule has 2 heterocycles. The van der Waals surface area contributed by atoms with E-state index in [1.54, 1.807) is 21.3 Å². The zero-order valence-corrected chi connectivity index (χ0v) is 17.3. The number of benzene rings is 2. The smallest absolute Gasteiger partial charge is 0.231 e. The number of rotatable bonds is 4. The number of ether oxygens (including phenoxy) is 5. The van der Waals surface area contributed by atoms with E-state index < -0.39 is 0 Å². The second-order valence-electron chi connectivity index (χ2n) is 7.46. The van der Waals surface area contributed by atoms with Gasteiger partial charge in [0, 0.05) is 17.6 Å². The number of fused-ring (bicyclic) bond motifs is 3. The molecule has 0 N–H and O–H groups in total. The molecular formula is C22H22O6S. The highest BCUT2D eigenvalue weighted by Gasteiger charge is 2.47. The molecular weight excluding hydrogens is 392 g/mol. The van der Waals surface area contributed by atoms with E-state index in [2.05, 4.69) is 6.07 Å². The van der Waals surface area contributed by atoms with Crippen molar-refractivity contribution < 1.29 is 28.5 Å². The quantitative estimate of drug-likeness (QED) is 0.757. The van der Waals surface area contributed by atoms with Crippen molar-refractivity contribution in [3.05, 3.63) is 41.0 Å². The fourth-order valence-electron chi connectivity index (χ4n) is 4.79. The van der Waals surface area contributed by atoms with E-state index in [1.165, 1.54) is 17.3 Å². The summed E-state index contributed by atoms with van der Waals surface area (Å²) in [6, 6.07) is 8.03. The average Bonchev–Trinajstić information content (AvgIpc) is 3.35. The van der Waals surface area contributed by atoms with Gasteiger partial charge in [-0.05, 0) is 53.3 Å². The number of hydrogen-bond acceptors (Lipinski definition) is 7. The van der Waals surface area contributed by atoms with E-state index in [0.29, 0.717) is 23.2 Å². The summed E-state index contributed by atoms with van der Waals surface area (Å²) >= 11 is 1.44. The molecule has 5 rings (SSSR count). The van der Waals surface area contributed by atoms with Crippen molar-refractivity contribution in [3.8, 4) is 28.7 Å². The third-order valence-corrected chi connectivity index (χ3v) is 7.23. The first-order valence-electron chi connectivity index (χ1n) is 9.53. The lowest BCUT2D eigenvalue weighted by molar-refractivity contribution is -0.115. The Labute approximate surface area is 173 Å². The summed E-state index contributed by atoms with van der Waals surface area (Å²) in [4.78, 5) is 12.9. The standard InChI is InChI=1S/C22H22O6S/c1-24-17-6-12(7-18(25-2)21(17)26-3)19-14-8-16-15(27-10-28-16)5-11(14)4-13-9-29-22(23)20(13)19/h5-8,13,19-20H,4,9-10H2,1-3H3/t13-,19+,20-/m0/s1. The number of carbonyl (C=O) groups excluding carboxylic acids is 1. The molecule has 2 aromatic carbocycles. The van der Waals surface area contributed by atoms with E-state index in [9.17, 15) is 4.79 Å². The topological polar surface area (TPSA) is 63.2 Å².